The van der Waals surface area contributed by atoms with Gasteiger partial charge in [0.15, 0.2) is 8.32 Å². The van der Waals surface area contributed by atoms with Crippen molar-refractivity contribution in [1.82, 2.24) is 0 Å². The summed E-state index contributed by atoms with van der Waals surface area (Å²) in [7, 11) is -3.20. The summed E-state index contributed by atoms with van der Waals surface area (Å²) in [5.74, 6) is 0.527. The molecule has 0 fully saturated rings. The van der Waals surface area contributed by atoms with Gasteiger partial charge in [-0.1, -0.05) is 0 Å². The lowest BCUT2D eigenvalue weighted by Gasteiger charge is -2.38. The van der Waals surface area contributed by atoms with Gasteiger partial charge in [0.25, 0.3) is 5.60 Å². The first-order valence-electron chi connectivity index (χ1n) is 4.32. The van der Waals surface area contributed by atoms with E-state index in [1.54, 1.807) is 0 Å². The molecule has 0 aromatic heterocycles. The second kappa shape index (κ2) is 4.47. The third-order valence-corrected chi connectivity index (χ3v) is 2.51. The summed E-state index contributed by atoms with van der Waals surface area (Å²) in [5, 5.41) is 0. The largest absolute Gasteiger partial charge is 0.429 e. The highest BCUT2D eigenvalue weighted by Gasteiger charge is 2.72. The fourth-order valence-electron chi connectivity index (χ4n) is 1.04. The van der Waals surface area contributed by atoms with Gasteiger partial charge < -0.3 is 4.43 Å². The van der Waals surface area contributed by atoms with Gasteiger partial charge in [0.1, 0.15) is 5.94 Å². The zero-order valence-electron chi connectivity index (χ0n) is 9.16. The molecule has 0 radical (unpaired) electrons. The van der Waals surface area contributed by atoms with Crippen LogP contribution in [-0.4, -0.2) is 32.2 Å². The Labute approximate surface area is 94.4 Å². The van der Waals surface area contributed by atoms with E-state index in [0.29, 0.717) is 5.94 Å². The van der Waals surface area contributed by atoms with Crippen molar-refractivity contribution in [2.75, 3.05) is 0 Å². The summed E-state index contributed by atoms with van der Waals surface area (Å²) in [4.78, 5) is 9.95. The molecule has 0 rings (SSSR count). The van der Waals surface area contributed by atoms with Crippen molar-refractivity contribution in [3.05, 3.63) is 6.08 Å². The molecule has 0 atom stereocenters. The molecule has 0 saturated heterocycles. The van der Waals surface area contributed by atoms with Gasteiger partial charge in [-0.15, -0.1) is 0 Å². The molecule has 0 amide bonds. The Morgan fingerprint density at radius 2 is 1.35 bits per heavy atom. The van der Waals surface area contributed by atoms with Crippen LogP contribution in [0, 0.1) is 0 Å². The average molecular weight is 280 g/mol. The lowest BCUT2D eigenvalue weighted by atomic mass is 10.0. The molecule has 2 nitrogen and oxygen atoms in total. The zero-order valence-corrected chi connectivity index (χ0v) is 10.2. The van der Waals surface area contributed by atoms with E-state index in [1.807, 2.05) is 0 Å². The standard InChI is InChI=1S/C8H10F6O2Si/c1-17(2,3)16-6(4-5-15,7(9,10)11)8(12,13)14/h4H,1-3H3. The van der Waals surface area contributed by atoms with Crippen molar-refractivity contribution >= 4 is 14.3 Å². The number of rotatable bonds is 3. The van der Waals surface area contributed by atoms with Crippen LogP contribution in [0.2, 0.25) is 19.6 Å². The molecule has 0 bridgehead atoms. The molecule has 100 valence electrons. The van der Waals surface area contributed by atoms with E-state index < -0.39 is 32.3 Å². The Kier molecular flexibility index (Phi) is 4.26. The number of alkyl halides is 6. The molecule has 0 spiro atoms. The van der Waals surface area contributed by atoms with Gasteiger partial charge >= 0.3 is 12.4 Å². The lowest BCUT2D eigenvalue weighted by molar-refractivity contribution is -0.340. The smallest absolute Gasteiger partial charge is 0.394 e. The van der Waals surface area contributed by atoms with E-state index in [4.69, 9.17) is 0 Å². The summed E-state index contributed by atoms with van der Waals surface area (Å²) in [6.45, 7) is 3.45. The van der Waals surface area contributed by atoms with Crippen LogP contribution in [0.4, 0.5) is 26.3 Å². The van der Waals surface area contributed by atoms with Crippen LogP contribution >= 0.6 is 0 Å². The molecule has 0 aliphatic heterocycles. The minimum Gasteiger partial charge on any atom is -0.394 e. The van der Waals surface area contributed by atoms with Crippen LogP contribution in [0.25, 0.3) is 0 Å². The number of carbonyl (C=O) groups excluding carboxylic acids is 1. The predicted molar refractivity (Wildman–Crippen MR) is 49.5 cm³/mol. The molecule has 0 aromatic rings. The third-order valence-electron chi connectivity index (χ3n) is 1.57. The van der Waals surface area contributed by atoms with E-state index in [-0.39, 0.29) is 0 Å². The molecule has 0 aromatic carbocycles. The molecule has 0 heterocycles. The van der Waals surface area contributed by atoms with E-state index in [1.165, 1.54) is 0 Å². The van der Waals surface area contributed by atoms with Crippen LogP contribution in [0.3, 0.4) is 0 Å². The van der Waals surface area contributed by atoms with Crippen LogP contribution in [0.15, 0.2) is 6.08 Å². The van der Waals surface area contributed by atoms with Crippen molar-refractivity contribution in [2.45, 2.75) is 37.6 Å². The minimum atomic E-state index is -5.77. The summed E-state index contributed by atoms with van der Waals surface area (Å²) >= 11 is 0. The first kappa shape index (κ1) is 16.2. The molecule has 9 heteroatoms. The molecular formula is C8H10F6O2Si. The Balaban J connectivity index is 5.86. The van der Waals surface area contributed by atoms with Crippen molar-refractivity contribution in [2.24, 2.45) is 0 Å². The molecule has 0 N–H and O–H groups in total. The summed E-state index contributed by atoms with van der Waals surface area (Å²) < 4.78 is 79.5. The second-order valence-corrected chi connectivity index (χ2v) is 8.64. The highest BCUT2D eigenvalue weighted by Crippen LogP contribution is 2.47. The first-order valence-corrected chi connectivity index (χ1v) is 7.73. The molecular weight excluding hydrogens is 270 g/mol. The highest BCUT2D eigenvalue weighted by atomic mass is 28.4. The Hall–Kier alpha value is -0.793. The van der Waals surface area contributed by atoms with Gasteiger partial charge in [0, 0.05) is 6.08 Å². The fourth-order valence-corrected chi connectivity index (χ4v) is 2.29. The Morgan fingerprint density at radius 3 is 1.53 bits per heavy atom. The van der Waals surface area contributed by atoms with E-state index in [9.17, 15) is 31.1 Å². The maximum absolute atomic E-state index is 12.6. The summed E-state index contributed by atoms with van der Waals surface area (Å²) in [6.07, 6.45) is -12.2. The molecule has 0 unspecified atom stereocenters. The van der Waals surface area contributed by atoms with Gasteiger partial charge in [0.2, 0.25) is 0 Å². The SMILES string of the molecule is C[Si](C)(C)OC(C=C=O)(C(F)(F)F)C(F)(F)F. The highest BCUT2D eigenvalue weighted by molar-refractivity contribution is 6.69. The Bertz CT molecular complexity index is 306. The normalized spacial score (nSPS) is 14.4. The maximum atomic E-state index is 12.6. The van der Waals surface area contributed by atoms with Gasteiger partial charge in [-0.25, -0.2) is 4.79 Å². The van der Waals surface area contributed by atoms with Crippen molar-refractivity contribution < 1.29 is 35.6 Å². The first-order chi connectivity index (χ1) is 7.27. The van der Waals surface area contributed by atoms with Crippen LogP contribution < -0.4 is 0 Å². The molecule has 0 aliphatic rings. The summed E-state index contributed by atoms with van der Waals surface area (Å²) in [5.41, 5.74) is -4.58. The van der Waals surface area contributed by atoms with E-state index >= 15 is 0 Å². The van der Waals surface area contributed by atoms with Gasteiger partial charge in [0.05, 0.1) is 0 Å². The summed E-state index contributed by atoms with van der Waals surface area (Å²) in [6, 6.07) is 0. The Morgan fingerprint density at radius 1 is 1.00 bits per heavy atom. The molecule has 0 saturated carbocycles. The van der Waals surface area contributed by atoms with Crippen molar-refractivity contribution in [1.29, 1.82) is 0 Å². The maximum Gasteiger partial charge on any atom is 0.429 e. The number of hydrogen-bond acceptors (Lipinski definition) is 2. The quantitative estimate of drug-likeness (QED) is 0.451. The third kappa shape index (κ3) is 3.58. The molecule has 0 aliphatic carbocycles. The predicted octanol–water partition coefficient (Wildman–Crippen LogP) is 3.09. The van der Waals surface area contributed by atoms with Crippen LogP contribution in [0.5, 0.6) is 0 Å². The van der Waals surface area contributed by atoms with Crippen LogP contribution in [-0.2, 0) is 9.22 Å². The second-order valence-electron chi connectivity index (χ2n) is 4.21. The zero-order chi connectivity index (χ0) is 14.1. The van der Waals surface area contributed by atoms with E-state index in [0.717, 1.165) is 19.6 Å². The van der Waals surface area contributed by atoms with E-state index in [2.05, 4.69) is 4.43 Å². The monoisotopic (exact) mass is 280 g/mol. The van der Waals surface area contributed by atoms with Gasteiger partial charge in [-0.3, -0.25) is 0 Å². The minimum absolute atomic E-state index is 0.527. The number of halogens is 6. The van der Waals surface area contributed by atoms with Crippen LogP contribution in [0.1, 0.15) is 0 Å². The molecule has 17 heavy (non-hydrogen) atoms. The van der Waals surface area contributed by atoms with Gasteiger partial charge in [-0.2, -0.15) is 26.3 Å². The fraction of sp³-hybridized carbons (Fsp3) is 0.750. The lowest BCUT2D eigenvalue weighted by Crippen LogP contribution is -2.61. The average Bonchev–Trinajstić information content (AvgIpc) is 1.96. The van der Waals surface area contributed by atoms with Crippen molar-refractivity contribution in [3.8, 4) is 0 Å². The number of hydrogen-bond donors (Lipinski definition) is 0. The van der Waals surface area contributed by atoms with Crippen molar-refractivity contribution in [3.63, 3.8) is 0 Å². The van der Waals surface area contributed by atoms with Gasteiger partial charge in [-0.05, 0) is 19.6 Å². The topological polar surface area (TPSA) is 26.3 Å².